The van der Waals surface area contributed by atoms with Gasteiger partial charge in [-0.25, -0.2) is 0 Å². The molecule has 0 unspecified atom stereocenters. The fraction of sp³-hybridized carbons (Fsp3) is 0.333. The van der Waals surface area contributed by atoms with E-state index in [-0.39, 0.29) is 47.7 Å². The number of rotatable bonds is 21. The van der Waals surface area contributed by atoms with E-state index in [1.165, 1.54) is 11.2 Å². The number of ether oxygens (including phenoxy) is 5. The summed E-state index contributed by atoms with van der Waals surface area (Å²) >= 11 is 0. The van der Waals surface area contributed by atoms with Gasteiger partial charge in [0.1, 0.15) is 0 Å². The number of hydrogen-bond acceptors (Lipinski definition) is 15. The third-order valence-electron chi connectivity index (χ3n) is 13.2. The van der Waals surface area contributed by atoms with Crippen LogP contribution in [0, 0.1) is 17.2 Å². The van der Waals surface area contributed by atoms with Crippen LogP contribution in [0.1, 0.15) is 70.9 Å². The van der Waals surface area contributed by atoms with Crippen LogP contribution >= 0.6 is 7.87 Å². The van der Waals surface area contributed by atoms with Crippen LogP contribution in [0.2, 0.25) is 0 Å². The van der Waals surface area contributed by atoms with Crippen molar-refractivity contribution >= 4 is 48.4 Å². The summed E-state index contributed by atoms with van der Waals surface area (Å²) in [4.78, 5) is 56.7. The number of methoxy groups -OCH3 is 2. The molecule has 8 rings (SSSR count). The third-order valence-corrected chi connectivity index (χ3v) is 16.6. The Kier molecular flexibility index (Phi) is 17.4. The summed E-state index contributed by atoms with van der Waals surface area (Å²) in [6.07, 6.45) is -4.48. The summed E-state index contributed by atoms with van der Waals surface area (Å²) < 4.78 is 42.9. The molecular weight excluding hydrogens is 988 g/mol. The Labute approximate surface area is 443 Å². The minimum absolute atomic E-state index is 0.00885. The maximum absolute atomic E-state index is 14.6. The van der Waals surface area contributed by atoms with Crippen LogP contribution in [0.4, 0.5) is 22.1 Å². The Balaban J connectivity index is 1.37. The van der Waals surface area contributed by atoms with Gasteiger partial charge in [-0.2, -0.15) is 0 Å². The van der Waals surface area contributed by atoms with E-state index in [1.807, 2.05) is 123 Å². The summed E-state index contributed by atoms with van der Waals surface area (Å²) in [5, 5.41) is 24.2. The van der Waals surface area contributed by atoms with Gasteiger partial charge in [0.15, 0.2) is 0 Å². The number of carbonyl (C=O) groups excluding carboxylic acids is 2. The van der Waals surface area contributed by atoms with Crippen molar-refractivity contribution in [3.8, 4) is 23.4 Å². The van der Waals surface area contributed by atoms with Gasteiger partial charge in [0, 0.05) is 0 Å². The first kappa shape index (κ1) is 54.9. The number of imidazole rings is 1. The summed E-state index contributed by atoms with van der Waals surface area (Å²) in [5.41, 5.74) is 1.53. The van der Waals surface area contributed by atoms with Gasteiger partial charge < -0.3 is 0 Å². The molecule has 1 aliphatic heterocycles. The van der Waals surface area contributed by atoms with Gasteiger partial charge in [-0.15, -0.1) is 0 Å². The predicted molar refractivity (Wildman–Crippen MR) is 291 cm³/mol. The molecule has 0 saturated carbocycles. The zero-order chi connectivity index (χ0) is 54.1. The second-order valence-corrected chi connectivity index (χ2v) is 21.8. The Morgan fingerprint density at radius 2 is 1.30 bits per heavy atom. The van der Waals surface area contributed by atoms with Crippen LogP contribution in [-0.4, -0.2) is 104 Å². The van der Waals surface area contributed by atoms with Crippen molar-refractivity contribution in [1.29, 1.82) is 5.26 Å². The summed E-state index contributed by atoms with van der Waals surface area (Å²) in [6.45, 7) is 10.6. The number of amides is 2. The minimum atomic E-state index is -4.18. The van der Waals surface area contributed by atoms with Crippen LogP contribution in [-0.2, 0) is 24.4 Å². The van der Waals surface area contributed by atoms with Crippen molar-refractivity contribution in [2.24, 2.45) is 5.92 Å². The molecule has 4 atom stereocenters. The van der Waals surface area contributed by atoms with E-state index in [0.29, 0.717) is 39.6 Å². The molecule has 0 bridgehead atoms. The zero-order valence-corrected chi connectivity index (χ0v) is 44.8. The monoisotopic (exact) mass is 1050 g/mol. The first-order chi connectivity index (χ1) is 36.7. The Bertz CT molecular complexity index is 2990. The molecule has 0 radical (unpaired) electrons. The summed E-state index contributed by atoms with van der Waals surface area (Å²) in [5.74, 6) is -0.221. The van der Waals surface area contributed by atoms with Crippen molar-refractivity contribution in [1.82, 2.24) is 24.2 Å². The maximum atomic E-state index is 14.6. The Morgan fingerprint density at radius 1 is 0.776 bits per heavy atom. The average Bonchev–Trinajstić information content (AvgIpc) is 4.14. The van der Waals surface area contributed by atoms with Crippen molar-refractivity contribution in [2.45, 2.75) is 90.2 Å². The van der Waals surface area contributed by atoms with Crippen LogP contribution in [0.3, 0.4) is 0 Å². The number of carbonyl (C=O) groups is 2. The number of anilines is 3. The fourth-order valence-electron chi connectivity index (χ4n) is 9.77. The normalized spacial score (nSPS) is 17.0. The van der Waals surface area contributed by atoms with Gasteiger partial charge in [0.2, 0.25) is 0 Å². The molecule has 0 aliphatic carbocycles. The third kappa shape index (κ3) is 11.4. The van der Waals surface area contributed by atoms with E-state index < -0.39 is 62.5 Å². The molecule has 76 heavy (non-hydrogen) atoms. The van der Waals surface area contributed by atoms with Crippen LogP contribution in [0.5, 0.6) is 17.4 Å². The topological polar surface area (TPSA) is 216 Å². The van der Waals surface area contributed by atoms with Crippen molar-refractivity contribution in [3.63, 3.8) is 0 Å². The van der Waals surface area contributed by atoms with E-state index >= 15 is 0 Å². The number of aliphatic hydroxyl groups excluding tert-OH is 1. The second kappa shape index (κ2) is 24.1. The number of benzene rings is 5. The van der Waals surface area contributed by atoms with Crippen LogP contribution in [0.25, 0.3) is 11.2 Å². The van der Waals surface area contributed by atoms with E-state index in [4.69, 9.17) is 38.2 Å². The first-order valence-corrected chi connectivity index (χ1v) is 27.2. The molecule has 7 aromatic rings. The molecule has 2 amide bonds. The number of aromatic nitrogens is 4. The average molecular weight is 1050 g/mol. The Morgan fingerprint density at radius 3 is 1.79 bits per heavy atom. The van der Waals surface area contributed by atoms with Crippen LogP contribution in [0.15, 0.2) is 146 Å². The van der Waals surface area contributed by atoms with E-state index in [0.717, 1.165) is 0 Å². The van der Waals surface area contributed by atoms with Crippen molar-refractivity contribution < 1.29 is 47.8 Å². The molecule has 3 heterocycles. The van der Waals surface area contributed by atoms with Gasteiger partial charge in [-0.1, -0.05) is 36.4 Å². The van der Waals surface area contributed by atoms with Crippen molar-refractivity contribution in [3.05, 3.63) is 163 Å². The van der Waals surface area contributed by atoms with Gasteiger partial charge >= 0.3 is 384 Å². The van der Waals surface area contributed by atoms with Crippen LogP contribution < -0.4 is 24.4 Å². The van der Waals surface area contributed by atoms with Gasteiger partial charge in [0.25, 0.3) is 0 Å². The fourth-order valence-corrected chi connectivity index (χ4v) is 13.0. The quantitative estimate of drug-likeness (QED) is 0.0451. The molecule has 0 spiro atoms. The molecule has 1 saturated heterocycles. The molecule has 5 aromatic carbocycles. The van der Waals surface area contributed by atoms with E-state index in [1.54, 1.807) is 81.2 Å². The molecule has 1 fully saturated rings. The van der Waals surface area contributed by atoms with Gasteiger partial charge in [-0.05, 0) is 24.3 Å². The zero-order valence-electron chi connectivity index (χ0n) is 43.8. The molecule has 19 heteroatoms. The van der Waals surface area contributed by atoms with Crippen molar-refractivity contribution in [2.75, 3.05) is 37.2 Å². The van der Waals surface area contributed by atoms with Gasteiger partial charge in [-0.3, -0.25) is 0 Å². The molecule has 3 N–H and O–H groups in total. The number of nitriles is 1. The number of fused-ring (bicyclic) bond motifs is 1. The van der Waals surface area contributed by atoms with E-state index in [2.05, 4.69) is 16.4 Å². The predicted octanol–water partition coefficient (Wildman–Crippen LogP) is 9.95. The number of nitrogens with zero attached hydrogens (tertiary/aromatic N) is 7. The molecular formula is C57H65N8O10P. The van der Waals surface area contributed by atoms with Gasteiger partial charge in [0.05, 0.1) is 0 Å². The summed E-state index contributed by atoms with van der Waals surface area (Å²) in [7, 11) is -1.02. The summed E-state index contributed by atoms with van der Waals surface area (Å²) in [6, 6.07) is 44.1. The SMILES string of the molecule is COc1ccc(C(O[C@@H]2[C@H](O[PH](O)(CCC#N)N(C(C)C)C(C)C)[C@@H](CO)O[C@H]2n2cnc3c(OC(=O)N(c4ccccc4)c4ccccc4)nc(NC(=O)C(C)C)nc32)(c2ccccc2)c2ccc(OC)cc2)cc1. The first-order valence-electron chi connectivity index (χ1n) is 25.2. The molecule has 1 aliphatic rings. The molecule has 2 aromatic heterocycles. The molecule has 398 valence electrons. The number of hydrogen-bond donors (Lipinski definition) is 3. The number of para-hydroxylation sites is 2. The second-order valence-electron chi connectivity index (χ2n) is 19.1. The number of aliphatic hydroxyl groups is 1. The molecule has 18 nitrogen and oxygen atoms in total. The van der Waals surface area contributed by atoms with E-state index in [9.17, 15) is 24.9 Å². The number of nitrogens with one attached hydrogen (secondary N) is 1. The Hall–Kier alpha value is -7.33. The standard InChI is InChI=1S/C57H65N8O10P/c1-37(2)52(67)61-55-60-51-48(53(62-55)73-56(68)64(43-21-14-10-15-22-43)44-23-16-11-17-24-44)59-36-63(51)54-50(49(47(35-66)72-54)75-76(69,34-18-33-58)65(38(3)4)39(5)6)74-57(40-19-12-9-13-20-40,41-25-29-45(70-7)30-26-41)42-27-31-46(71-8)32-28-42/h9-17,19-32,36-39,47,49-50,54,66,69,76H,18,34-35H2,1-8H3,(H,60,61,62,67)/t47-,49-,50-,54-/m1/s1.